The van der Waals surface area contributed by atoms with E-state index in [0.29, 0.717) is 0 Å². The minimum Gasteiger partial charge on any atom is -0.467 e. The van der Waals surface area contributed by atoms with E-state index in [1.54, 1.807) is 13.8 Å². The number of methoxy groups -OCH3 is 1. The standard InChI is InChI=1S/C9H17NO4/c1-6(7(11)13-5)10-8(12)14-9(2,3)4/h6H,1-5H3,(H,10,12)/t6-/m0/s1/i2D. The van der Waals surface area contributed by atoms with Gasteiger partial charge in [0.05, 0.1) is 7.11 Å². The molecule has 0 heterocycles. The van der Waals surface area contributed by atoms with Gasteiger partial charge in [-0.1, -0.05) is 0 Å². The molecule has 0 bridgehead atoms. The second-order valence-electron chi connectivity index (χ2n) is 3.54. The third-order valence-electron chi connectivity index (χ3n) is 1.26. The molecule has 0 fully saturated rings. The molecule has 0 aliphatic heterocycles. The number of hydrogen-bond donors (Lipinski definition) is 1. The first kappa shape index (κ1) is 10.8. The quantitative estimate of drug-likeness (QED) is 0.683. The van der Waals surface area contributed by atoms with Gasteiger partial charge in [0.2, 0.25) is 0 Å². The summed E-state index contributed by atoms with van der Waals surface area (Å²) in [5, 5.41) is 2.30. The van der Waals surface area contributed by atoms with Crippen molar-refractivity contribution in [3.8, 4) is 0 Å². The summed E-state index contributed by atoms with van der Waals surface area (Å²) in [5.74, 6) is -0.546. The molecule has 5 nitrogen and oxygen atoms in total. The third kappa shape index (κ3) is 5.40. The SMILES string of the molecule is [2H]CC(C)(C)OC(=O)N[C@@H](C)C(=O)OC. The highest BCUT2D eigenvalue weighted by Crippen LogP contribution is 2.06. The van der Waals surface area contributed by atoms with E-state index in [9.17, 15) is 9.59 Å². The van der Waals surface area contributed by atoms with Crippen molar-refractivity contribution in [1.82, 2.24) is 5.32 Å². The van der Waals surface area contributed by atoms with E-state index in [1.807, 2.05) is 0 Å². The molecule has 0 rings (SSSR count). The average Bonchev–Trinajstić information content (AvgIpc) is 2.15. The maximum atomic E-state index is 11.2. The van der Waals surface area contributed by atoms with E-state index < -0.39 is 23.7 Å². The van der Waals surface area contributed by atoms with Crippen LogP contribution in [0, 0.1) is 0 Å². The molecule has 0 aromatic rings. The van der Waals surface area contributed by atoms with Gasteiger partial charge in [-0.2, -0.15) is 0 Å². The third-order valence-corrected chi connectivity index (χ3v) is 1.26. The molecule has 0 spiro atoms. The molecule has 14 heavy (non-hydrogen) atoms. The van der Waals surface area contributed by atoms with Crippen molar-refractivity contribution >= 4 is 12.1 Å². The molecule has 0 aromatic heterocycles. The monoisotopic (exact) mass is 204 g/mol. The Hall–Kier alpha value is -1.26. The first-order valence-electron chi connectivity index (χ1n) is 4.89. The van der Waals surface area contributed by atoms with Crippen LogP contribution < -0.4 is 5.32 Å². The molecule has 0 saturated carbocycles. The van der Waals surface area contributed by atoms with Crippen molar-refractivity contribution < 1.29 is 20.4 Å². The number of amides is 1. The van der Waals surface area contributed by atoms with Crippen LogP contribution in [0.5, 0.6) is 0 Å². The van der Waals surface area contributed by atoms with E-state index in [2.05, 4.69) is 10.1 Å². The Kier molecular flexibility index (Phi) is 3.73. The summed E-state index contributed by atoms with van der Waals surface area (Å²) < 4.78 is 16.4. The highest BCUT2D eigenvalue weighted by molar-refractivity contribution is 5.80. The summed E-state index contributed by atoms with van der Waals surface area (Å²) in [5.41, 5.74) is -0.861. The topological polar surface area (TPSA) is 64.6 Å². The van der Waals surface area contributed by atoms with E-state index in [-0.39, 0.29) is 6.90 Å². The largest absolute Gasteiger partial charge is 0.467 e. The molecule has 0 radical (unpaired) electrons. The fraction of sp³-hybridized carbons (Fsp3) is 0.778. The van der Waals surface area contributed by atoms with Crippen LogP contribution in [-0.4, -0.2) is 30.8 Å². The van der Waals surface area contributed by atoms with Crippen LogP contribution in [0.25, 0.3) is 0 Å². The average molecular weight is 204 g/mol. The fourth-order valence-corrected chi connectivity index (χ4v) is 0.693. The van der Waals surface area contributed by atoms with Gasteiger partial charge in [0.1, 0.15) is 11.6 Å². The van der Waals surface area contributed by atoms with Gasteiger partial charge >= 0.3 is 12.1 Å². The number of carbonyl (C=O) groups is 2. The van der Waals surface area contributed by atoms with Gasteiger partial charge in [0.25, 0.3) is 0 Å². The minimum atomic E-state index is -0.861. The molecule has 0 saturated heterocycles. The lowest BCUT2D eigenvalue weighted by molar-refractivity contribution is -0.142. The van der Waals surface area contributed by atoms with Gasteiger partial charge in [-0.05, 0) is 27.7 Å². The summed E-state index contributed by atoms with van der Waals surface area (Å²) in [6.07, 6.45) is -0.731. The van der Waals surface area contributed by atoms with Gasteiger partial charge in [0, 0.05) is 1.37 Å². The lowest BCUT2D eigenvalue weighted by Gasteiger charge is -2.21. The van der Waals surface area contributed by atoms with E-state index in [0.717, 1.165) is 0 Å². The molecule has 0 aliphatic carbocycles. The molecule has 1 atom stereocenters. The van der Waals surface area contributed by atoms with E-state index >= 15 is 0 Å². The van der Waals surface area contributed by atoms with Gasteiger partial charge in [-0.3, -0.25) is 0 Å². The maximum Gasteiger partial charge on any atom is 0.408 e. The van der Waals surface area contributed by atoms with Crippen LogP contribution in [0.15, 0.2) is 0 Å². The lowest BCUT2D eigenvalue weighted by atomic mass is 10.2. The van der Waals surface area contributed by atoms with E-state index in [4.69, 9.17) is 6.11 Å². The van der Waals surface area contributed by atoms with Crippen molar-refractivity contribution in [2.75, 3.05) is 7.11 Å². The number of ether oxygens (including phenoxy) is 2. The predicted molar refractivity (Wildman–Crippen MR) is 50.8 cm³/mol. The van der Waals surface area contributed by atoms with Crippen molar-refractivity contribution in [2.24, 2.45) is 0 Å². The van der Waals surface area contributed by atoms with Crippen LogP contribution in [0.3, 0.4) is 0 Å². The lowest BCUT2D eigenvalue weighted by Crippen LogP contribution is -2.42. The number of alkyl carbamates (subject to hydrolysis) is 1. The van der Waals surface area contributed by atoms with Crippen LogP contribution in [0.4, 0.5) is 4.79 Å². The Balaban J connectivity index is 4.10. The number of rotatable bonds is 2. The Morgan fingerprint density at radius 1 is 1.50 bits per heavy atom. The Morgan fingerprint density at radius 3 is 2.50 bits per heavy atom. The molecule has 1 amide bonds. The van der Waals surface area contributed by atoms with Gasteiger partial charge in [-0.25, -0.2) is 9.59 Å². The number of nitrogens with one attached hydrogen (secondary N) is 1. The number of carbonyl (C=O) groups excluding carboxylic acids is 2. The van der Waals surface area contributed by atoms with Gasteiger partial charge in [0.15, 0.2) is 0 Å². The molecule has 0 unspecified atom stereocenters. The summed E-state index contributed by atoms with van der Waals surface area (Å²) in [6, 6.07) is -0.760. The molecule has 0 aromatic carbocycles. The zero-order valence-electron chi connectivity index (χ0n) is 9.92. The van der Waals surface area contributed by atoms with Crippen LogP contribution in [0.2, 0.25) is 0 Å². The van der Waals surface area contributed by atoms with Crippen molar-refractivity contribution in [2.45, 2.75) is 39.3 Å². The van der Waals surface area contributed by atoms with Crippen LogP contribution in [0.1, 0.15) is 29.0 Å². The van der Waals surface area contributed by atoms with Gasteiger partial charge < -0.3 is 14.8 Å². The summed E-state index contributed by atoms with van der Waals surface area (Å²) in [6.45, 7) is 4.67. The second kappa shape index (κ2) is 4.83. The Morgan fingerprint density at radius 2 is 2.07 bits per heavy atom. The summed E-state index contributed by atoms with van der Waals surface area (Å²) in [7, 11) is 1.24. The highest BCUT2D eigenvalue weighted by atomic mass is 16.6. The highest BCUT2D eigenvalue weighted by Gasteiger charge is 2.20. The molecule has 82 valence electrons. The summed E-state index contributed by atoms with van der Waals surface area (Å²) in [4.78, 5) is 22.2. The van der Waals surface area contributed by atoms with E-state index in [1.165, 1.54) is 14.0 Å². The molecular weight excluding hydrogens is 186 g/mol. The Labute approximate surface area is 85.2 Å². The first-order valence-corrected chi connectivity index (χ1v) is 4.19. The minimum absolute atomic E-state index is 0.0486. The second-order valence-corrected chi connectivity index (χ2v) is 3.54. The number of hydrogen-bond acceptors (Lipinski definition) is 4. The van der Waals surface area contributed by atoms with Crippen molar-refractivity contribution in [3.63, 3.8) is 0 Å². The van der Waals surface area contributed by atoms with Crippen LogP contribution in [-0.2, 0) is 14.3 Å². The normalized spacial score (nSPS) is 13.9. The smallest absolute Gasteiger partial charge is 0.408 e. The number of esters is 1. The summed E-state index contributed by atoms with van der Waals surface area (Å²) >= 11 is 0. The van der Waals surface area contributed by atoms with Crippen molar-refractivity contribution in [3.05, 3.63) is 0 Å². The van der Waals surface area contributed by atoms with Gasteiger partial charge in [-0.15, -0.1) is 0 Å². The first-order chi connectivity index (χ1) is 6.82. The predicted octanol–water partition coefficient (Wildman–Crippen LogP) is 1.07. The molecular formula is C9H17NO4. The van der Waals surface area contributed by atoms with Crippen molar-refractivity contribution in [1.29, 1.82) is 0 Å². The zero-order chi connectivity index (χ0) is 12.1. The molecule has 5 heteroatoms. The van der Waals surface area contributed by atoms with Crippen LogP contribution >= 0.6 is 0 Å². The fourth-order valence-electron chi connectivity index (χ4n) is 0.693. The molecule has 1 N–H and O–H groups in total. The molecule has 0 aliphatic rings. The zero-order valence-corrected chi connectivity index (χ0v) is 8.92. The maximum absolute atomic E-state index is 11.2. The Bertz CT molecular complexity index is 242.